The summed E-state index contributed by atoms with van der Waals surface area (Å²) in [6.45, 7) is 4.65. The van der Waals surface area contributed by atoms with Crippen LogP contribution in [0.3, 0.4) is 0 Å². The lowest BCUT2D eigenvalue weighted by Gasteiger charge is -2.09. The van der Waals surface area contributed by atoms with Crippen LogP contribution in [0.2, 0.25) is 0 Å². The van der Waals surface area contributed by atoms with E-state index in [9.17, 15) is 0 Å². The Kier molecular flexibility index (Phi) is 8.27. The average Bonchev–Trinajstić information content (AvgIpc) is 2.12. The first-order valence-corrected chi connectivity index (χ1v) is 4.97. The second-order valence-corrected chi connectivity index (χ2v) is 3.18. The molecule has 0 saturated heterocycles. The summed E-state index contributed by atoms with van der Waals surface area (Å²) in [5.41, 5.74) is 2.60. The smallest absolute Gasteiger partial charge is 0.304 e. The number of aliphatic imine (C=N–C) groups is 1. The van der Waals surface area contributed by atoms with E-state index in [1.807, 2.05) is 6.92 Å². The van der Waals surface area contributed by atoms with Crippen molar-refractivity contribution in [2.75, 3.05) is 40.8 Å². The van der Waals surface area contributed by atoms with Gasteiger partial charge in [0.2, 0.25) is 0 Å². The van der Waals surface area contributed by atoms with Crippen LogP contribution in [-0.4, -0.2) is 51.7 Å². The van der Waals surface area contributed by atoms with E-state index in [0.717, 1.165) is 26.1 Å². The minimum Gasteiger partial charge on any atom is -0.371 e. The Morgan fingerprint density at radius 1 is 1.43 bits per heavy atom. The van der Waals surface area contributed by atoms with Gasteiger partial charge in [-0.2, -0.15) is 5.48 Å². The summed E-state index contributed by atoms with van der Waals surface area (Å²) < 4.78 is 0. The first-order chi connectivity index (χ1) is 6.70. The first kappa shape index (κ1) is 13.2. The van der Waals surface area contributed by atoms with E-state index in [1.165, 1.54) is 0 Å². The van der Waals surface area contributed by atoms with E-state index in [2.05, 4.69) is 34.8 Å². The lowest BCUT2D eigenvalue weighted by atomic mass is 10.4. The maximum atomic E-state index is 5.06. The van der Waals surface area contributed by atoms with Gasteiger partial charge in [0, 0.05) is 20.1 Å². The molecule has 0 atom stereocenters. The van der Waals surface area contributed by atoms with Gasteiger partial charge in [-0.25, -0.2) is 4.99 Å². The molecular formula is C9H22N4O. The van der Waals surface area contributed by atoms with Crippen molar-refractivity contribution in [3.63, 3.8) is 0 Å². The van der Waals surface area contributed by atoms with Crippen molar-refractivity contribution in [3.05, 3.63) is 0 Å². The number of nitrogens with one attached hydrogen (secondary N) is 2. The molecule has 0 amide bonds. The molecule has 0 spiro atoms. The molecule has 0 bridgehead atoms. The molecule has 0 aromatic heterocycles. The minimum absolute atomic E-state index is 0.564. The molecule has 0 heterocycles. The Morgan fingerprint density at radius 3 is 2.64 bits per heavy atom. The molecule has 0 aromatic rings. The van der Waals surface area contributed by atoms with Crippen LogP contribution >= 0.6 is 0 Å². The van der Waals surface area contributed by atoms with Crippen molar-refractivity contribution in [1.82, 2.24) is 15.7 Å². The third-order valence-corrected chi connectivity index (χ3v) is 1.55. The fourth-order valence-corrected chi connectivity index (χ4v) is 0.940. The molecule has 84 valence electrons. The van der Waals surface area contributed by atoms with Gasteiger partial charge in [0.25, 0.3) is 0 Å². The predicted octanol–water partition coefficient (Wildman–Crippen LogP) is 0.0546. The second kappa shape index (κ2) is 8.77. The van der Waals surface area contributed by atoms with Crippen LogP contribution in [-0.2, 0) is 4.84 Å². The van der Waals surface area contributed by atoms with E-state index < -0.39 is 0 Å². The topological polar surface area (TPSA) is 48.9 Å². The Balaban J connectivity index is 3.66. The SMILES string of the molecule is CCNC(=NCCCN(C)C)ONC. The summed E-state index contributed by atoms with van der Waals surface area (Å²) in [6.07, 6.45) is 1.04. The van der Waals surface area contributed by atoms with Gasteiger partial charge >= 0.3 is 6.02 Å². The normalized spacial score (nSPS) is 11.9. The number of nitrogens with zero attached hydrogens (tertiary/aromatic N) is 2. The molecule has 0 saturated carbocycles. The van der Waals surface area contributed by atoms with E-state index in [4.69, 9.17) is 4.84 Å². The summed E-state index contributed by atoms with van der Waals surface area (Å²) in [5, 5.41) is 3.02. The van der Waals surface area contributed by atoms with Crippen molar-refractivity contribution in [2.45, 2.75) is 13.3 Å². The average molecular weight is 202 g/mol. The lowest BCUT2D eigenvalue weighted by Crippen LogP contribution is -2.30. The highest BCUT2D eigenvalue weighted by Crippen LogP contribution is 1.85. The minimum atomic E-state index is 0.564. The molecule has 5 nitrogen and oxygen atoms in total. The summed E-state index contributed by atoms with van der Waals surface area (Å²) in [5.74, 6) is 0. The molecule has 14 heavy (non-hydrogen) atoms. The third kappa shape index (κ3) is 7.82. The highest BCUT2D eigenvalue weighted by Gasteiger charge is 1.96. The Morgan fingerprint density at radius 2 is 2.14 bits per heavy atom. The molecule has 0 unspecified atom stereocenters. The van der Waals surface area contributed by atoms with Gasteiger partial charge in [-0.05, 0) is 34.0 Å². The molecule has 0 fully saturated rings. The number of hydrogen-bond acceptors (Lipinski definition) is 4. The van der Waals surface area contributed by atoms with Gasteiger partial charge in [-0.3, -0.25) is 0 Å². The van der Waals surface area contributed by atoms with E-state index >= 15 is 0 Å². The molecule has 0 rings (SSSR count). The van der Waals surface area contributed by atoms with E-state index in [1.54, 1.807) is 7.05 Å². The molecule has 0 aliphatic carbocycles. The van der Waals surface area contributed by atoms with Crippen molar-refractivity contribution >= 4 is 6.02 Å². The standard InChI is InChI=1S/C9H22N4O/c1-5-11-9(14-10-2)12-7-6-8-13(3)4/h10H,5-8H2,1-4H3,(H,11,12). The molecule has 0 radical (unpaired) electrons. The third-order valence-electron chi connectivity index (χ3n) is 1.55. The van der Waals surface area contributed by atoms with Crippen molar-refractivity contribution in [1.29, 1.82) is 0 Å². The van der Waals surface area contributed by atoms with Crippen molar-refractivity contribution in [3.8, 4) is 0 Å². The van der Waals surface area contributed by atoms with Crippen LogP contribution in [0.25, 0.3) is 0 Å². The summed E-state index contributed by atoms with van der Waals surface area (Å²) in [7, 11) is 5.82. The van der Waals surface area contributed by atoms with Crippen LogP contribution in [0.1, 0.15) is 13.3 Å². The molecular weight excluding hydrogens is 180 g/mol. The van der Waals surface area contributed by atoms with Gasteiger partial charge in [0.05, 0.1) is 0 Å². The molecule has 0 aromatic carbocycles. The summed E-state index contributed by atoms with van der Waals surface area (Å²) in [6, 6.07) is 0.564. The highest BCUT2D eigenvalue weighted by atomic mass is 16.7. The van der Waals surface area contributed by atoms with Crippen LogP contribution < -0.4 is 10.8 Å². The molecule has 2 N–H and O–H groups in total. The summed E-state index contributed by atoms with van der Waals surface area (Å²) in [4.78, 5) is 11.5. The molecule has 5 heteroatoms. The zero-order chi connectivity index (χ0) is 10.8. The van der Waals surface area contributed by atoms with Gasteiger partial charge in [-0.15, -0.1) is 0 Å². The second-order valence-electron chi connectivity index (χ2n) is 3.18. The fourth-order valence-electron chi connectivity index (χ4n) is 0.940. The monoisotopic (exact) mass is 202 g/mol. The Labute approximate surface area is 86.5 Å². The van der Waals surface area contributed by atoms with Crippen LogP contribution in [0.5, 0.6) is 0 Å². The maximum absolute atomic E-state index is 5.06. The number of hydroxylamine groups is 1. The maximum Gasteiger partial charge on any atom is 0.304 e. The van der Waals surface area contributed by atoms with Crippen molar-refractivity contribution in [2.24, 2.45) is 4.99 Å². The zero-order valence-electron chi connectivity index (χ0n) is 9.63. The quantitative estimate of drug-likeness (QED) is 0.277. The first-order valence-electron chi connectivity index (χ1n) is 4.97. The largest absolute Gasteiger partial charge is 0.371 e. The van der Waals surface area contributed by atoms with Gasteiger partial charge in [0.1, 0.15) is 0 Å². The predicted molar refractivity (Wildman–Crippen MR) is 59.3 cm³/mol. The lowest BCUT2D eigenvalue weighted by molar-refractivity contribution is 0.196. The van der Waals surface area contributed by atoms with E-state index in [0.29, 0.717) is 6.02 Å². The Bertz CT molecular complexity index is 151. The number of rotatable bonds is 6. The summed E-state index contributed by atoms with van der Waals surface area (Å²) >= 11 is 0. The molecule has 0 aliphatic rings. The Hall–Kier alpha value is -0.810. The molecule has 0 aliphatic heterocycles. The van der Waals surface area contributed by atoms with Crippen molar-refractivity contribution < 1.29 is 4.84 Å². The van der Waals surface area contributed by atoms with E-state index in [-0.39, 0.29) is 0 Å². The van der Waals surface area contributed by atoms with Crippen LogP contribution in [0.4, 0.5) is 0 Å². The van der Waals surface area contributed by atoms with Crippen LogP contribution in [0.15, 0.2) is 4.99 Å². The highest BCUT2D eigenvalue weighted by molar-refractivity contribution is 5.73. The number of amidine groups is 1. The van der Waals surface area contributed by atoms with Gasteiger partial charge < -0.3 is 15.1 Å². The fraction of sp³-hybridized carbons (Fsp3) is 0.889. The van der Waals surface area contributed by atoms with Crippen LogP contribution in [0, 0.1) is 0 Å². The number of hydrogen-bond donors (Lipinski definition) is 2. The zero-order valence-corrected chi connectivity index (χ0v) is 9.63. The van der Waals surface area contributed by atoms with Gasteiger partial charge in [0.15, 0.2) is 0 Å². The van der Waals surface area contributed by atoms with Gasteiger partial charge in [-0.1, -0.05) is 0 Å².